The van der Waals surface area contributed by atoms with Crippen LogP contribution in [0.5, 0.6) is 0 Å². The van der Waals surface area contributed by atoms with Gasteiger partial charge in [-0.3, -0.25) is 0 Å². The van der Waals surface area contributed by atoms with Gasteiger partial charge < -0.3 is 10.3 Å². The second-order valence-corrected chi connectivity index (χ2v) is 4.08. The lowest BCUT2D eigenvalue weighted by Gasteiger charge is -2.05. The van der Waals surface area contributed by atoms with E-state index in [0.717, 1.165) is 10.6 Å². The summed E-state index contributed by atoms with van der Waals surface area (Å²) in [6, 6.07) is 2.54. The Bertz CT molecular complexity index is 538. The fourth-order valence-corrected chi connectivity index (χ4v) is 1.80. The molecule has 2 N–H and O–H groups in total. The quantitative estimate of drug-likeness (QED) is 0.925. The van der Waals surface area contributed by atoms with Crippen LogP contribution in [0.1, 0.15) is 0 Å². The van der Waals surface area contributed by atoms with Crippen molar-refractivity contribution < 1.29 is 13.2 Å². The molecule has 0 atom stereocenters. The molecule has 0 spiro atoms. The molecule has 7 heteroatoms. The fourth-order valence-electron chi connectivity index (χ4n) is 1.47. The number of fused-ring (bicyclic) bond motifs is 1. The molecule has 0 saturated heterocycles. The standard InChI is InChI=1S/C9H7BrF3N3/c10-4-1-6-7(2-5(4)11)16(3-8(12)13)9(14)15-6/h1-2,8H,3H2,(H2,14,15). The molecule has 1 heterocycles. The third kappa shape index (κ3) is 1.87. The van der Waals surface area contributed by atoms with Crippen molar-refractivity contribution in [3.8, 4) is 0 Å². The van der Waals surface area contributed by atoms with Crippen molar-refractivity contribution in [2.24, 2.45) is 0 Å². The number of alkyl halides is 2. The third-order valence-electron chi connectivity index (χ3n) is 2.14. The second kappa shape index (κ2) is 3.97. The molecule has 16 heavy (non-hydrogen) atoms. The molecular formula is C9H7BrF3N3. The number of benzene rings is 1. The summed E-state index contributed by atoms with van der Waals surface area (Å²) in [6.07, 6.45) is -2.56. The molecule has 2 rings (SSSR count). The van der Waals surface area contributed by atoms with Crippen molar-refractivity contribution in [1.29, 1.82) is 0 Å². The summed E-state index contributed by atoms with van der Waals surface area (Å²) < 4.78 is 39.1. The molecule has 0 amide bonds. The van der Waals surface area contributed by atoms with E-state index in [1.54, 1.807) is 0 Å². The topological polar surface area (TPSA) is 43.8 Å². The lowest BCUT2D eigenvalue weighted by molar-refractivity contribution is 0.128. The number of rotatable bonds is 2. The van der Waals surface area contributed by atoms with Gasteiger partial charge in [-0.2, -0.15) is 0 Å². The van der Waals surface area contributed by atoms with E-state index in [2.05, 4.69) is 20.9 Å². The van der Waals surface area contributed by atoms with Crippen LogP contribution in [0.25, 0.3) is 11.0 Å². The summed E-state index contributed by atoms with van der Waals surface area (Å²) in [5.41, 5.74) is 6.13. The highest BCUT2D eigenvalue weighted by Gasteiger charge is 2.14. The van der Waals surface area contributed by atoms with E-state index < -0.39 is 18.8 Å². The number of halogens is 4. The van der Waals surface area contributed by atoms with Gasteiger partial charge in [0.15, 0.2) is 0 Å². The molecule has 3 nitrogen and oxygen atoms in total. The summed E-state index contributed by atoms with van der Waals surface area (Å²) in [7, 11) is 0. The second-order valence-electron chi connectivity index (χ2n) is 3.23. The van der Waals surface area contributed by atoms with E-state index in [9.17, 15) is 13.2 Å². The first-order valence-electron chi connectivity index (χ1n) is 4.38. The lowest BCUT2D eigenvalue weighted by Crippen LogP contribution is -2.09. The summed E-state index contributed by atoms with van der Waals surface area (Å²) in [5, 5.41) is 0. The van der Waals surface area contributed by atoms with Crippen molar-refractivity contribution in [1.82, 2.24) is 9.55 Å². The Balaban J connectivity index is 2.64. The minimum absolute atomic E-state index is 0.0483. The molecule has 0 unspecified atom stereocenters. The van der Waals surface area contributed by atoms with Gasteiger partial charge in [0, 0.05) is 6.07 Å². The predicted molar refractivity (Wildman–Crippen MR) is 57.8 cm³/mol. The SMILES string of the molecule is Nc1nc2cc(Br)c(F)cc2n1CC(F)F. The first-order chi connectivity index (χ1) is 7.49. The zero-order chi connectivity index (χ0) is 11.9. The highest BCUT2D eigenvalue weighted by atomic mass is 79.9. The maximum atomic E-state index is 13.3. The number of nitrogens with two attached hydrogens (primary N) is 1. The molecule has 1 aromatic heterocycles. The summed E-state index contributed by atoms with van der Waals surface area (Å²) in [6.45, 7) is -0.594. The molecule has 0 fully saturated rings. The Morgan fingerprint density at radius 1 is 1.44 bits per heavy atom. The number of nitrogen functional groups attached to an aromatic ring is 1. The Hall–Kier alpha value is -1.24. The van der Waals surface area contributed by atoms with E-state index in [0.29, 0.717) is 5.52 Å². The fraction of sp³-hybridized carbons (Fsp3) is 0.222. The number of anilines is 1. The molecule has 0 saturated carbocycles. The molecule has 0 bridgehead atoms. The predicted octanol–water partition coefficient (Wildman–Crippen LogP) is 2.79. The van der Waals surface area contributed by atoms with Crippen LogP contribution in [0.15, 0.2) is 16.6 Å². The molecule has 0 aliphatic carbocycles. The van der Waals surface area contributed by atoms with Gasteiger partial charge in [-0.1, -0.05) is 0 Å². The Labute approximate surface area is 97.2 Å². The van der Waals surface area contributed by atoms with Gasteiger partial charge in [0.25, 0.3) is 6.43 Å². The minimum Gasteiger partial charge on any atom is -0.369 e. The molecule has 2 aromatic rings. The Morgan fingerprint density at radius 2 is 2.12 bits per heavy atom. The summed E-state index contributed by atoms with van der Waals surface area (Å²) in [5.74, 6) is -0.587. The van der Waals surface area contributed by atoms with Gasteiger partial charge in [0.1, 0.15) is 5.82 Å². The van der Waals surface area contributed by atoms with Crippen LogP contribution in [0.3, 0.4) is 0 Å². The number of aromatic nitrogens is 2. The van der Waals surface area contributed by atoms with E-state index >= 15 is 0 Å². The maximum absolute atomic E-state index is 13.3. The van der Waals surface area contributed by atoms with Crippen molar-refractivity contribution in [3.05, 3.63) is 22.4 Å². The Morgan fingerprint density at radius 3 is 2.75 bits per heavy atom. The van der Waals surface area contributed by atoms with E-state index in [1.165, 1.54) is 6.07 Å². The first kappa shape index (κ1) is 11.3. The number of hydrogen-bond acceptors (Lipinski definition) is 2. The molecule has 0 aliphatic heterocycles. The third-order valence-corrected chi connectivity index (χ3v) is 2.75. The van der Waals surface area contributed by atoms with Crippen LogP contribution < -0.4 is 5.73 Å². The number of hydrogen-bond donors (Lipinski definition) is 1. The van der Waals surface area contributed by atoms with Gasteiger partial charge in [-0.15, -0.1) is 0 Å². The van der Waals surface area contributed by atoms with Crippen LogP contribution in [-0.2, 0) is 6.54 Å². The number of nitrogens with zero attached hydrogens (tertiary/aromatic N) is 2. The molecule has 86 valence electrons. The average molecular weight is 294 g/mol. The van der Waals surface area contributed by atoms with Gasteiger partial charge in [-0.05, 0) is 22.0 Å². The highest BCUT2D eigenvalue weighted by Crippen LogP contribution is 2.25. The summed E-state index contributed by atoms with van der Waals surface area (Å²) >= 11 is 2.99. The van der Waals surface area contributed by atoms with Crippen molar-refractivity contribution in [2.45, 2.75) is 13.0 Å². The smallest absolute Gasteiger partial charge is 0.256 e. The maximum Gasteiger partial charge on any atom is 0.256 e. The lowest BCUT2D eigenvalue weighted by atomic mass is 10.3. The van der Waals surface area contributed by atoms with Crippen LogP contribution in [0.4, 0.5) is 19.1 Å². The normalized spacial score (nSPS) is 11.6. The minimum atomic E-state index is -2.56. The monoisotopic (exact) mass is 293 g/mol. The van der Waals surface area contributed by atoms with Crippen LogP contribution in [0, 0.1) is 5.82 Å². The zero-order valence-electron chi connectivity index (χ0n) is 7.92. The van der Waals surface area contributed by atoms with E-state index in [4.69, 9.17) is 5.73 Å². The van der Waals surface area contributed by atoms with E-state index in [-0.39, 0.29) is 15.9 Å². The summed E-state index contributed by atoms with van der Waals surface area (Å²) in [4.78, 5) is 3.88. The van der Waals surface area contributed by atoms with Gasteiger partial charge >= 0.3 is 0 Å². The number of imidazole rings is 1. The van der Waals surface area contributed by atoms with Crippen molar-refractivity contribution in [3.63, 3.8) is 0 Å². The molecular weight excluding hydrogens is 287 g/mol. The average Bonchev–Trinajstić information content (AvgIpc) is 2.45. The van der Waals surface area contributed by atoms with Gasteiger partial charge in [0.2, 0.25) is 5.95 Å². The Kier molecular flexibility index (Phi) is 2.79. The molecule has 0 aliphatic rings. The highest BCUT2D eigenvalue weighted by molar-refractivity contribution is 9.10. The molecule has 0 radical (unpaired) electrons. The van der Waals surface area contributed by atoms with Crippen LogP contribution >= 0.6 is 15.9 Å². The largest absolute Gasteiger partial charge is 0.369 e. The van der Waals surface area contributed by atoms with Crippen LogP contribution in [0.2, 0.25) is 0 Å². The first-order valence-corrected chi connectivity index (χ1v) is 5.17. The van der Waals surface area contributed by atoms with Crippen molar-refractivity contribution in [2.75, 3.05) is 5.73 Å². The van der Waals surface area contributed by atoms with Crippen LogP contribution in [-0.4, -0.2) is 16.0 Å². The van der Waals surface area contributed by atoms with E-state index in [1.807, 2.05) is 0 Å². The van der Waals surface area contributed by atoms with Crippen molar-refractivity contribution >= 4 is 32.9 Å². The molecule has 1 aromatic carbocycles. The zero-order valence-corrected chi connectivity index (χ0v) is 9.51. The van der Waals surface area contributed by atoms with Gasteiger partial charge in [-0.25, -0.2) is 18.2 Å². The van der Waals surface area contributed by atoms with Gasteiger partial charge in [0.05, 0.1) is 22.1 Å².